The lowest BCUT2D eigenvalue weighted by Crippen LogP contribution is -2.15. The van der Waals surface area contributed by atoms with E-state index in [2.05, 4.69) is 12.2 Å². The minimum Gasteiger partial charge on any atom is -0.494 e. The standard InChI is InChI=1S/C22H24N2O4S/c1-5-6-11-28-18-9-7-16(8-10-18)12-17(13-23)20(25)24-21-19(22(26)27-4)14(2)15(3)29-21/h7-10,12H,5-6,11H2,1-4H3,(H,24,25)/b17-12-. The molecule has 0 unspecified atom stereocenters. The average Bonchev–Trinajstić information content (AvgIpc) is 2.99. The van der Waals surface area contributed by atoms with Gasteiger partial charge in [-0.3, -0.25) is 4.79 Å². The van der Waals surface area contributed by atoms with Crippen molar-refractivity contribution in [3.8, 4) is 11.8 Å². The molecule has 29 heavy (non-hydrogen) atoms. The number of thiophene rings is 1. The summed E-state index contributed by atoms with van der Waals surface area (Å²) in [5, 5.41) is 12.5. The first-order chi connectivity index (χ1) is 13.9. The van der Waals surface area contributed by atoms with Gasteiger partial charge in [-0.25, -0.2) is 4.79 Å². The first-order valence-electron chi connectivity index (χ1n) is 9.25. The zero-order chi connectivity index (χ0) is 21.4. The van der Waals surface area contributed by atoms with Gasteiger partial charge in [0.15, 0.2) is 0 Å². The quantitative estimate of drug-likeness (QED) is 0.289. The summed E-state index contributed by atoms with van der Waals surface area (Å²) in [5.41, 5.74) is 1.70. The molecular weight excluding hydrogens is 388 g/mol. The number of amides is 1. The number of methoxy groups -OCH3 is 1. The normalized spacial score (nSPS) is 10.9. The maximum Gasteiger partial charge on any atom is 0.341 e. The largest absolute Gasteiger partial charge is 0.494 e. The van der Waals surface area contributed by atoms with Crippen LogP contribution in [0.3, 0.4) is 0 Å². The van der Waals surface area contributed by atoms with Gasteiger partial charge < -0.3 is 14.8 Å². The van der Waals surface area contributed by atoms with Gasteiger partial charge in [-0.05, 0) is 49.6 Å². The van der Waals surface area contributed by atoms with Crippen LogP contribution < -0.4 is 10.1 Å². The summed E-state index contributed by atoms with van der Waals surface area (Å²) in [5.74, 6) is -0.365. The molecule has 2 aromatic rings. The summed E-state index contributed by atoms with van der Waals surface area (Å²) < 4.78 is 10.4. The number of rotatable bonds is 8. The first kappa shape index (κ1) is 22.2. The molecular formula is C22H24N2O4S. The van der Waals surface area contributed by atoms with Gasteiger partial charge in [-0.1, -0.05) is 25.5 Å². The monoisotopic (exact) mass is 412 g/mol. The van der Waals surface area contributed by atoms with Crippen molar-refractivity contribution in [2.45, 2.75) is 33.6 Å². The summed E-state index contributed by atoms with van der Waals surface area (Å²) in [7, 11) is 1.29. The molecule has 1 aromatic carbocycles. The Bertz CT molecular complexity index is 952. The Hall–Kier alpha value is -3.11. The zero-order valence-corrected chi connectivity index (χ0v) is 17.8. The SMILES string of the molecule is CCCCOc1ccc(/C=C(/C#N)C(=O)Nc2sc(C)c(C)c2C(=O)OC)cc1. The summed E-state index contributed by atoms with van der Waals surface area (Å²) in [6.07, 6.45) is 3.54. The van der Waals surface area contributed by atoms with Crippen molar-refractivity contribution in [3.63, 3.8) is 0 Å². The van der Waals surface area contributed by atoms with Gasteiger partial charge in [0.05, 0.1) is 19.3 Å². The maximum absolute atomic E-state index is 12.6. The van der Waals surface area contributed by atoms with E-state index in [0.29, 0.717) is 22.7 Å². The molecule has 0 aliphatic rings. The van der Waals surface area contributed by atoms with E-state index in [1.165, 1.54) is 24.5 Å². The van der Waals surface area contributed by atoms with E-state index in [1.807, 2.05) is 13.0 Å². The number of aryl methyl sites for hydroxylation is 1. The highest BCUT2D eigenvalue weighted by Crippen LogP contribution is 2.33. The molecule has 0 radical (unpaired) electrons. The molecule has 0 aliphatic heterocycles. The number of esters is 1. The third-order valence-electron chi connectivity index (χ3n) is 4.32. The molecule has 1 amide bonds. The Morgan fingerprint density at radius 1 is 1.24 bits per heavy atom. The fraction of sp³-hybridized carbons (Fsp3) is 0.318. The number of ether oxygens (including phenoxy) is 2. The second-order valence-corrected chi connectivity index (χ2v) is 7.60. The number of carbonyl (C=O) groups is 2. The number of hydrogen-bond donors (Lipinski definition) is 1. The van der Waals surface area contributed by atoms with Gasteiger partial charge in [0.2, 0.25) is 0 Å². The average molecular weight is 413 g/mol. The highest BCUT2D eigenvalue weighted by Gasteiger charge is 2.22. The van der Waals surface area contributed by atoms with Crippen molar-refractivity contribution in [2.24, 2.45) is 0 Å². The van der Waals surface area contributed by atoms with Gasteiger partial charge in [-0.2, -0.15) is 5.26 Å². The van der Waals surface area contributed by atoms with Gasteiger partial charge in [-0.15, -0.1) is 11.3 Å². The van der Waals surface area contributed by atoms with Crippen LogP contribution in [0.2, 0.25) is 0 Å². The van der Waals surface area contributed by atoms with Crippen molar-refractivity contribution < 1.29 is 19.1 Å². The molecule has 0 bridgehead atoms. The molecule has 0 spiro atoms. The van der Waals surface area contributed by atoms with E-state index < -0.39 is 11.9 Å². The zero-order valence-electron chi connectivity index (χ0n) is 17.0. The fourth-order valence-corrected chi connectivity index (χ4v) is 3.59. The highest BCUT2D eigenvalue weighted by atomic mass is 32.1. The van der Waals surface area contributed by atoms with Gasteiger partial charge >= 0.3 is 5.97 Å². The lowest BCUT2D eigenvalue weighted by molar-refractivity contribution is -0.112. The van der Waals surface area contributed by atoms with E-state index in [9.17, 15) is 14.9 Å². The van der Waals surface area contributed by atoms with Gasteiger partial charge in [0, 0.05) is 4.88 Å². The molecule has 1 heterocycles. The third-order valence-corrected chi connectivity index (χ3v) is 5.45. The van der Waals surface area contributed by atoms with Crippen molar-refractivity contribution in [1.82, 2.24) is 0 Å². The number of carbonyl (C=O) groups excluding carboxylic acids is 2. The van der Waals surface area contributed by atoms with Crippen LogP contribution in [0, 0.1) is 25.2 Å². The lowest BCUT2D eigenvalue weighted by atomic mass is 10.1. The van der Waals surface area contributed by atoms with Crippen molar-refractivity contribution in [2.75, 3.05) is 19.0 Å². The number of hydrogen-bond acceptors (Lipinski definition) is 6. The van der Waals surface area contributed by atoms with Gasteiger partial charge in [0.1, 0.15) is 22.4 Å². The Morgan fingerprint density at radius 2 is 1.93 bits per heavy atom. The van der Waals surface area contributed by atoms with E-state index in [-0.39, 0.29) is 5.57 Å². The van der Waals surface area contributed by atoms with Crippen LogP contribution in [0.25, 0.3) is 6.08 Å². The van der Waals surface area contributed by atoms with E-state index in [1.54, 1.807) is 31.2 Å². The summed E-state index contributed by atoms with van der Waals surface area (Å²) in [4.78, 5) is 25.5. The maximum atomic E-state index is 12.6. The van der Waals surface area contributed by atoms with E-state index in [0.717, 1.165) is 29.0 Å². The fourth-order valence-electron chi connectivity index (χ4n) is 2.54. The smallest absolute Gasteiger partial charge is 0.341 e. The first-order valence-corrected chi connectivity index (χ1v) is 10.1. The second-order valence-electron chi connectivity index (χ2n) is 6.37. The van der Waals surface area contributed by atoms with Crippen LogP contribution in [0.4, 0.5) is 5.00 Å². The van der Waals surface area contributed by atoms with Crippen LogP contribution in [0.15, 0.2) is 29.8 Å². The van der Waals surface area contributed by atoms with Crippen LogP contribution in [0.5, 0.6) is 5.75 Å². The van der Waals surface area contributed by atoms with Crippen molar-refractivity contribution in [1.29, 1.82) is 5.26 Å². The van der Waals surface area contributed by atoms with Crippen molar-refractivity contribution in [3.05, 3.63) is 51.4 Å². The number of anilines is 1. The molecule has 1 N–H and O–H groups in total. The lowest BCUT2D eigenvalue weighted by Gasteiger charge is -2.06. The minimum absolute atomic E-state index is 0.0656. The van der Waals surface area contributed by atoms with E-state index in [4.69, 9.17) is 9.47 Å². The molecule has 152 valence electrons. The number of nitriles is 1. The molecule has 1 aromatic heterocycles. The molecule has 6 nitrogen and oxygen atoms in total. The number of benzene rings is 1. The highest BCUT2D eigenvalue weighted by molar-refractivity contribution is 7.16. The molecule has 0 fully saturated rings. The molecule has 0 saturated heterocycles. The van der Waals surface area contributed by atoms with Crippen molar-refractivity contribution >= 4 is 34.3 Å². The molecule has 0 atom stereocenters. The molecule has 0 saturated carbocycles. The summed E-state index contributed by atoms with van der Waals surface area (Å²) in [6, 6.07) is 9.09. The van der Waals surface area contributed by atoms with Crippen LogP contribution in [-0.2, 0) is 9.53 Å². The Labute approximate surface area is 174 Å². The van der Waals surface area contributed by atoms with Crippen LogP contribution in [0.1, 0.15) is 46.1 Å². The predicted octanol–water partition coefficient (Wildman–Crippen LogP) is 4.88. The van der Waals surface area contributed by atoms with Crippen LogP contribution >= 0.6 is 11.3 Å². The van der Waals surface area contributed by atoms with E-state index >= 15 is 0 Å². The second kappa shape index (κ2) is 10.4. The summed E-state index contributed by atoms with van der Waals surface area (Å²) >= 11 is 1.27. The Kier molecular flexibility index (Phi) is 7.98. The number of unbranched alkanes of at least 4 members (excludes halogenated alkanes) is 1. The molecule has 7 heteroatoms. The molecule has 2 rings (SSSR count). The number of nitrogens with one attached hydrogen (secondary N) is 1. The van der Waals surface area contributed by atoms with Gasteiger partial charge in [0.25, 0.3) is 5.91 Å². The van der Waals surface area contributed by atoms with Crippen LogP contribution in [-0.4, -0.2) is 25.6 Å². The molecule has 0 aliphatic carbocycles. The minimum atomic E-state index is -0.581. The predicted molar refractivity (Wildman–Crippen MR) is 114 cm³/mol. The third kappa shape index (κ3) is 5.69. The number of nitrogens with zero attached hydrogens (tertiary/aromatic N) is 1. The summed E-state index contributed by atoms with van der Waals surface area (Å²) in [6.45, 7) is 6.39. The Balaban J connectivity index is 2.18. The Morgan fingerprint density at radius 3 is 2.52 bits per heavy atom. The topological polar surface area (TPSA) is 88.4 Å².